The largest absolute Gasteiger partial charge is 0.293 e. The van der Waals surface area contributed by atoms with Gasteiger partial charge >= 0.3 is 0 Å². The molecule has 1 aliphatic heterocycles. The third-order valence-electron chi connectivity index (χ3n) is 2.04. The smallest absolute Gasteiger partial charge is 0.123 e. The predicted molar refractivity (Wildman–Crippen MR) is 49.9 cm³/mol. The molecule has 1 heterocycles. The standard InChI is InChI=1S/C10H11FN2/c11-10-4-2-9(3-5-10)8-13-7-1-6-12-13/h2-6H,1,7-8H2. The average molecular weight is 178 g/mol. The Hall–Kier alpha value is -1.38. The zero-order valence-electron chi connectivity index (χ0n) is 7.28. The fourth-order valence-corrected chi connectivity index (χ4v) is 1.36. The lowest BCUT2D eigenvalue weighted by molar-refractivity contribution is 0.310. The molecule has 0 saturated heterocycles. The third-order valence-corrected chi connectivity index (χ3v) is 2.04. The molecule has 2 rings (SSSR count). The zero-order valence-corrected chi connectivity index (χ0v) is 7.28. The highest BCUT2D eigenvalue weighted by molar-refractivity contribution is 5.58. The van der Waals surface area contributed by atoms with Gasteiger partial charge in [-0.2, -0.15) is 5.10 Å². The summed E-state index contributed by atoms with van der Waals surface area (Å²) in [6.45, 7) is 1.74. The molecule has 0 bridgehead atoms. The van der Waals surface area contributed by atoms with Gasteiger partial charge in [0.15, 0.2) is 0 Å². The van der Waals surface area contributed by atoms with Crippen molar-refractivity contribution < 1.29 is 4.39 Å². The van der Waals surface area contributed by atoms with Crippen LogP contribution in [-0.4, -0.2) is 17.8 Å². The second kappa shape index (κ2) is 3.56. The Morgan fingerprint density at radius 1 is 1.31 bits per heavy atom. The highest BCUT2D eigenvalue weighted by Crippen LogP contribution is 2.09. The Balaban J connectivity index is 2.01. The van der Waals surface area contributed by atoms with Gasteiger partial charge in [0.1, 0.15) is 5.82 Å². The van der Waals surface area contributed by atoms with E-state index in [0.717, 1.165) is 25.1 Å². The number of hydrazone groups is 1. The van der Waals surface area contributed by atoms with E-state index in [9.17, 15) is 4.39 Å². The van der Waals surface area contributed by atoms with Crippen LogP contribution in [0.1, 0.15) is 12.0 Å². The van der Waals surface area contributed by atoms with Gasteiger partial charge in [0, 0.05) is 19.2 Å². The van der Waals surface area contributed by atoms with Gasteiger partial charge in [-0.05, 0) is 17.7 Å². The normalized spacial score (nSPS) is 15.3. The molecule has 0 saturated carbocycles. The van der Waals surface area contributed by atoms with Crippen molar-refractivity contribution in [2.75, 3.05) is 6.54 Å². The molecule has 1 aromatic carbocycles. The summed E-state index contributed by atoms with van der Waals surface area (Å²) >= 11 is 0. The van der Waals surface area contributed by atoms with Crippen molar-refractivity contribution in [3.63, 3.8) is 0 Å². The van der Waals surface area contributed by atoms with Gasteiger partial charge in [-0.3, -0.25) is 5.01 Å². The molecule has 2 nitrogen and oxygen atoms in total. The van der Waals surface area contributed by atoms with Crippen LogP contribution in [0.15, 0.2) is 29.4 Å². The van der Waals surface area contributed by atoms with Crippen molar-refractivity contribution in [3.05, 3.63) is 35.6 Å². The molecular formula is C10H11FN2. The molecule has 0 spiro atoms. The van der Waals surface area contributed by atoms with E-state index < -0.39 is 0 Å². The number of nitrogens with zero attached hydrogens (tertiary/aromatic N) is 2. The molecule has 0 N–H and O–H groups in total. The van der Waals surface area contributed by atoms with Crippen molar-refractivity contribution in [2.45, 2.75) is 13.0 Å². The summed E-state index contributed by atoms with van der Waals surface area (Å²) in [5.41, 5.74) is 1.10. The summed E-state index contributed by atoms with van der Waals surface area (Å²) < 4.78 is 12.6. The van der Waals surface area contributed by atoms with Crippen LogP contribution >= 0.6 is 0 Å². The van der Waals surface area contributed by atoms with Gasteiger partial charge < -0.3 is 0 Å². The summed E-state index contributed by atoms with van der Waals surface area (Å²) in [6, 6.07) is 6.55. The number of rotatable bonds is 2. The summed E-state index contributed by atoms with van der Waals surface area (Å²) in [7, 11) is 0. The maximum atomic E-state index is 12.6. The van der Waals surface area contributed by atoms with Gasteiger partial charge in [0.25, 0.3) is 0 Å². The Morgan fingerprint density at radius 2 is 2.08 bits per heavy atom. The number of hydrogen-bond acceptors (Lipinski definition) is 2. The van der Waals surface area contributed by atoms with Gasteiger partial charge in [-0.25, -0.2) is 4.39 Å². The second-order valence-corrected chi connectivity index (χ2v) is 3.10. The van der Waals surface area contributed by atoms with Crippen molar-refractivity contribution >= 4 is 6.21 Å². The molecule has 3 heteroatoms. The highest BCUT2D eigenvalue weighted by Gasteiger charge is 2.05. The fraction of sp³-hybridized carbons (Fsp3) is 0.300. The molecule has 0 atom stereocenters. The Labute approximate surface area is 76.7 Å². The minimum absolute atomic E-state index is 0.186. The monoisotopic (exact) mass is 178 g/mol. The van der Waals surface area contributed by atoms with E-state index in [1.165, 1.54) is 12.1 Å². The third kappa shape index (κ3) is 2.05. The molecule has 0 radical (unpaired) electrons. The van der Waals surface area contributed by atoms with E-state index in [1.807, 2.05) is 11.2 Å². The van der Waals surface area contributed by atoms with Crippen LogP contribution in [0, 0.1) is 5.82 Å². The summed E-state index contributed by atoms with van der Waals surface area (Å²) in [4.78, 5) is 0. The molecule has 0 aromatic heterocycles. The van der Waals surface area contributed by atoms with Crippen molar-refractivity contribution in [1.29, 1.82) is 0 Å². The molecule has 0 fully saturated rings. The SMILES string of the molecule is Fc1ccc(CN2CCC=N2)cc1. The van der Waals surface area contributed by atoms with Crippen LogP contribution < -0.4 is 0 Å². The lowest BCUT2D eigenvalue weighted by Gasteiger charge is -2.12. The van der Waals surface area contributed by atoms with Crippen LogP contribution in [0.4, 0.5) is 4.39 Å². The van der Waals surface area contributed by atoms with E-state index in [0.29, 0.717) is 0 Å². The predicted octanol–water partition coefficient (Wildman–Crippen LogP) is 2.02. The van der Waals surface area contributed by atoms with E-state index in [1.54, 1.807) is 12.1 Å². The van der Waals surface area contributed by atoms with Crippen molar-refractivity contribution in [1.82, 2.24) is 5.01 Å². The first kappa shape index (κ1) is 8.23. The molecular weight excluding hydrogens is 167 g/mol. The zero-order chi connectivity index (χ0) is 9.10. The molecule has 0 amide bonds. The fourth-order valence-electron chi connectivity index (χ4n) is 1.36. The molecule has 1 aromatic rings. The lowest BCUT2D eigenvalue weighted by Crippen LogP contribution is -2.13. The minimum atomic E-state index is -0.186. The summed E-state index contributed by atoms with van der Waals surface area (Å²) in [6.07, 6.45) is 2.92. The number of hydrogen-bond donors (Lipinski definition) is 0. The summed E-state index contributed by atoms with van der Waals surface area (Å²) in [5, 5.41) is 6.15. The first-order valence-electron chi connectivity index (χ1n) is 4.36. The van der Waals surface area contributed by atoms with Crippen LogP contribution in [0.25, 0.3) is 0 Å². The second-order valence-electron chi connectivity index (χ2n) is 3.10. The highest BCUT2D eigenvalue weighted by atomic mass is 19.1. The quantitative estimate of drug-likeness (QED) is 0.676. The van der Waals surface area contributed by atoms with E-state index in [-0.39, 0.29) is 5.82 Å². The van der Waals surface area contributed by atoms with Crippen LogP contribution in [0.2, 0.25) is 0 Å². The van der Waals surface area contributed by atoms with Crippen LogP contribution in [0.5, 0.6) is 0 Å². The number of benzene rings is 1. The van der Waals surface area contributed by atoms with E-state index in [4.69, 9.17) is 0 Å². The van der Waals surface area contributed by atoms with Crippen molar-refractivity contribution in [3.8, 4) is 0 Å². The Morgan fingerprint density at radius 3 is 2.69 bits per heavy atom. The van der Waals surface area contributed by atoms with Crippen molar-refractivity contribution in [2.24, 2.45) is 5.10 Å². The molecule has 0 unspecified atom stereocenters. The maximum absolute atomic E-state index is 12.6. The van der Waals surface area contributed by atoms with Crippen LogP contribution in [-0.2, 0) is 6.54 Å². The first-order valence-corrected chi connectivity index (χ1v) is 4.36. The van der Waals surface area contributed by atoms with E-state index >= 15 is 0 Å². The Kier molecular flexibility index (Phi) is 2.25. The molecule has 68 valence electrons. The van der Waals surface area contributed by atoms with Crippen LogP contribution in [0.3, 0.4) is 0 Å². The topological polar surface area (TPSA) is 15.6 Å². The number of halogens is 1. The molecule has 1 aliphatic rings. The molecule has 0 aliphatic carbocycles. The van der Waals surface area contributed by atoms with Gasteiger partial charge in [0.05, 0.1) is 6.54 Å². The van der Waals surface area contributed by atoms with Gasteiger partial charge in [0.2, 0.25) is 0 Å². The lowest BCUT2D eigenvalue weighted by atomic mass is 10.2. The Bertz CT molecular complexity index is 305. The summed E-state index contributed by atoms with van der Waals surface area (Å²) in [5.74, 6) is -0.186. The first-order chi connectivity index (χ1) is 6.34. The molecule has 13 heavy (non-hydrogen) atoms. The van der Waals surface area contributed by atoms with E-state index in [2.05, 4.69) is 5.10 Å². The maximum Gasteiger partial charge on any atom is 0.123 e. The van der Waals surface area contributed by atoms with Gasteiger partial charge in [-0.15, -0.1) is 0 Å². The van der Waals surface area contributed by atoms with Gasteiger partial charge in [-0.1, -0.05) is 12.1 Å². The minimum Gasteiger partial charge on any atom is -0.293 e. The average Bonchev–Trinajstić information content (AvgIpc) is 2.62.